The molecule has 146 valence electrons. The van der Waals surface area contributed by atoms with Crippen molar-refractivity contribution in [3.63, 3.8) is 0 Å². The second-order valence-corrected chi connectivity index (χ2v) is 9.30. The fourth-order valence-corrected chi connectivity index (χ4v) is 4.83. The molecule has 0 unspecified atom stereocenters. The van der Waals surface area contributed by atoms with Crippen molar-refractivity contribution < 1.29 is 8.42 Å². The number of aromatic nitrogens is 4. The molecule has 0 radical (unpaired) electrons. The van der Waals surface area contributed by atoms with Crippen LogP contribution in [0.1, 0.15) is 5.82 Å². The molecule has 3 heterocycles. The normalized spacial score (nSPS) is 15.7. The zero-order valence-electron chi connectivity index (χ0n) is 15.2. The van der Waals surface area contributed by atoms with Gasteiger partial charge in [-0.1, -0.05) is 15.9 Å². The Balaban J connectivity index is 1.51. The number of benzene rings is 1. The summed E-state index contributed by atoms with van der Waals surface area (Å²) in [4.78, 5) is 15.4. The third-order valence-corrected chi connectivity index (χ3v) is 7.04. The van der Waals surface area contributed by atoms with E-state index >= 15 is 0 Å². The van der Waals surface area contributed by atoms with Gasteiger partial charge >= 0.3 is 0 Å². The molecule has 0 amide bonds. The van der Waals surface area contributed by atoms with Crippen molar-refractivity contribution >= 4 is 31.8 Å². The van der Waals surface area contributed by atoms with Gasteiger partial charge in [0.25, 0.3) is 0 Å². The molecular weight excluding hydrogens is 444 g/mol. The van der Waals surface area contributed by atoms with E-state index in [-0.39, 0.29) is 0 Å². The van der Waals surface area contributed by atoms with E-state index in [1.165, 1.54) is 4.31 Å². The predicted molar refractivity (Wildman–Crippen MR) is 109 cm³/mol. The summed E-state index contributed by atoms with van der Waals surface area (Å²) in [6.45, 7) is 3.78. The first-order valence-corrected chi connectivity index (χ1v) is 11.0. The Labute approximate surface area is 172 Å². The molecule has 0 N–H and O–H groups in total. The van der Waals surface area contributed by atoms with E-state index in [1.807, 2.05) is 23.8 Å². The first kappa shape index (κ1) is 19.0. The maximum Gasteiger partial charge on any atom is 0.243 e. The highest BCUT2D eigenvalue weighted by Gasteiger charge is 2.29. The van der Waals surface area contributed by atoms with Crippen molar-refractivity contribution in [2.45, 2.75) is 11.8 Å². The Morgan fingerprint density at radius 1 is 1.00 bits per heavy atom. The fourth-order valence-electron chi connectivity index (χ4n) is 3.14. The summed E-state index contributed by atoms with van der Waals surface area (Å²) in [5.41, 5.74) is 0. The molecule has 1 aliphatic heterocycles. The van der Waals surface area contributed by atoms with Crippen LogP contribution in [0.3, 0.4) is 0 Å². The van der Waals surface area contributed by atoms with E-state index in [0.717, 1.165) is 16.1 Å². The highest BCUT2D eigenvalue weighted by Crippen LogP contribution is 2.22. The van der Waals surface area contributed by atoms with E-state index in [9.17, 15) is 8.42 Å². The van der Waals surface area contributed by atoms with Crippen LogP contribution in [-0.2, 0) is 10.0 Å². The minimum atomic E-state index is -3.50. The maximum absolute atomic E-state index is 12.9. The van der Waals surface area contributed by atoms with Crippen LogP contribution in [0, 0.1) is 6.92 Å². The van der Waals surface area contributed by atoms with Gasteiger partial charge in [0.05, 0.1) is 4.90 Å². The third kappa shape index (κ3) is 3.80. The molecule has 8 nitrogen and oxygen atoms in total. The number of halogens is 1. The molecule has 0 atom stereocenters. The van der Waals surface area contributed by atoms with Crippen LogP contribution in [0.5, 0.6) is 0 Å². The molecule has 4 rings (SSSR count). The lowest BCUT2D eigenvalue weighted by Crippen LogP contribution is -2.49. The minimum Gasteiger partial charge on any atom is -0.354 e. The average Bonchev–Trinajstić information content (AvgIpc) is 3.23. The Morgan fingerprint density at radius 2 is 1.68 bits per heavy atom. The first-order chi connectivity index (χ1) is 13.4. The van der Waals surface area contributed by atoms with Crippen molar-refractivity contribution in [2.75, 3.05) is 31.1 Å². The molecule has 2 aromatic heterocycles. The largest absolute Gasteiger partial charge is 0.354 e. The van der Waals surface area contributed by atoms with Gasteiger partial charge in [-0.05, 0) is 31.2 Å². The Hall–Kier alpha value is -2.30. The van der Waals surface area contributed by atoms with Gasteiger partial charge in [-0.15, -0.1) is 0 Å². The van der Waals surface area contributed by atoms with Gasteiger partial charge in [0.1, 0.15) is 23.8 Å². The second-order valence-electron chi connectivity index (χ2n) is 6.45. The second kappa shape index (κ2) is 7.61. The van der Waals surface area contributed by atoms with E-state index < -0.39 is 10.0 Å². The van der Waals surface area contributed by atoms with Gasteiger partial charge in [0, 0.05) is 49.1 Å². The molecular formula is C18H19BrN6O2S. The summed E-state index contributed by atoms with van der Waals surface area (Å²) in [6.07, 6.45) is 5.21. The first-order valence-electron chi connectivity index (χ1n) is 8.78. The zero-order valence-corrected chi connectivity index (χ0v) is 17.6. The van der Waals surface area contributed by atoms with Gasteiger partial charge < -0.3 is 4.90 Å². The number of nitrogens with zero attached hydrogens (tertiary/aromatic N) is 6. The molecule has 0 saturated carbocycles. The van der Waals surface area contributed by atoms with Crippen molar-refractivity contribution in [3.8, 4) is 5.82 Å². The average molecular weight is 463 g/mol. The number of anilines is 1. The molecule has 0 bridgehead atoms. The van der Waals surface area contributed by atoms with Gasteiger partial charge in [-0.25, -0.2) is 23.4 Å². The Kier molecular flexibility index (Phi) is 5.17. The monoisotopic (exact) mass is 462 g/mol. The van der Waals surface area contributed by atoms with E-state index in [0.29, 0.717) is 36.9 Å². The number of imidazole rings is 1. The number of rotatable bonds is 4. The SMILES string of the molecule is Cc1nc(N2CCN(S(=O)(=O)c3ccc(Br)cc3)CC2)cc(-n2ccnc2)n1. The highest BCUT2D eigenvalue weighted by atomic mass is 79.9. The third-order valence-electron chi connectivity index (χ3n) is 4.59. The molecule has 0 aliphatic carbocycles. The molecule has 3 aromatic rings. The smallest absolute Gasteiger partial charge is 0.243 e. The van der Waals surface area contributed by atoms with E-state index in [4.69, 9.17) is 0 Å². The highest BCUT2D eigenvalue weighted by molar-refractivity contribution is 9.10. The molecule has 0 spiro atoms. The van der Waals surface area contributed by atoms with Crippen LogP contribution < -0.4 is 4.90 Å². The van der Waals surface area contributed by atoms with E-state index in [2.05, 4.69) is 35.8 Å². The molecule has 1 aromatic carbocycles. The molecule has 1 saturated heterocycles. The van der Waals surface area contributed by atoms with Crippen LogP contribution in [0.4, 0.5) is 5.82 Å². The summed E-state index contributed by atoms with van der Waals surface area (Å²) in [7, 11) is -3.50. The summed E-state index contributed by atoms with van der Waals surface area (Å²) in [5.74, 6) is 2.19. The standard InChI is InChI=1S/C18H19BrN6O2S/c1-14-21-17(12-18(22-14)24-7-6-20-13-24)23-8-10-25(11-9-23)28(26,27)16-4-2-15(19)3-5-16/h2-7,12-13H,8-11H2,1H3. The van der Waals surface area contributed by atoms with Crippen molar-refractivity contribution in [1.29, 1.82) is 0 Å². The summed E-state index contributed by atoms with van der Waals surface area (Å²) < 4.78 is 29.9. The summed E-state index contributed by atoms with van der Waals surface area (Å²) in [6, 6.07) is 8.62. The molecule has 28 heavy (non-hydrogen) atoms. The Morgan fingerprint density at radius 3 is 2.32 bits per heavy atom. The number of aryl methyl sites for hydroxylation is 1. The van der Waals surface area contributed by atoms with Crippen LogP contribution in [-0.4, -0.2) is 58.4 Å². The topological polar surface area (TPSA) is 84.2 Å². The zero-order chi connectivity index (χ0) is 19.7. The van der Waals surface area contributed by atoms with Gasteiger partial charge in [0.2, 0.25) is 10.0 Å². The summed E-state index contributed by atoms with van der Waals surface area (Å²) in [5, 5.41) is 0. The van der Waals surface area contributed by atoms with Crippen molar-refractivity contribution in [2.24, 2.45) is 0 Å². The van der Waals surface area contributed by atoms with Crippen LogP contribution in [0.2, 0.25) is 0 Å². The van der Waals surface area contributed by atoms with Crippen LogP contribution in [0.25, 0.3) is 5.82 Å². The number of piperazine rings is 1. The van der Waals surface area contributed by atoms with Gasteiger partial charge in [0.15, 0.2) is 0 Å². The minimum absolute atomic E-state index is 0.310. The number of hydrogen-bond acceptors (Lipinski definition) is 6. The van der Waals surface area contributed by atoms with Crippen molar-refractivity contribution in [3.05, 3.63) is 59.3 Å². The van der Waals surface area contributed by atoms with Crippen LogP contribution >= 0.6 is 15.9 Å². The lowest BCUT2D eigenvalue weighted by Gasteiger charge is -2.34. The number of hydrogen-bond donors (Lipinski definition) is 0. The lowest BCUT2D eigenvalue weighted by molar-refractivity contribution is 0.383. The Bertz CT molecular complexity index is 1060. The molecule has 1 aliphatic rings. The quantitative estimate of drug-likeness (QED) is 0.590. The predicted octanol–water partition coefficient (Wildman–Crippen LogP) is 2.24. The maximum atomic E-state index is 12.9. The van der Waals surface area contributed by atoms with Gasteiger partial charge in [-0.2, -0.15) is 4.31 Å². The number of sulfonamides is 1. The van der Waals surface area contributed by atoms with Crippen LogP contribution in [0.15, 0.2) is 58.4 Å². The molecule has 10 heteroatoms. The van der Waals surface area contributed by atoms with Gasteiger partial charge in [-0.3, -0.25) is 4.57 Å². The van der Waals surface area contributed by atoms with E-state index in [1.54, 1.807) is 36.8 Å². The van der Waals surface area contributed by atoms with Crippen molar-refractivity contribution in [1.82, 2.24) is 23.8 Å². The summed E-state index contributed by atoms with van der Waals surface area (Å²) >= 11 is 3.34. The molecule has 1 fully saturated rings. The fraction of sp³-hybridized carbons (Fsp3) is 0.278. The lowest BCUT2D eigenvalue weighted by atomic mass is 10.3.